The van der Waals surface area contributed by atoms with Crippen molar-refractivity contribution in [2.45, 2.75) is 18.4 Å². The van der Waals surface area contributed by atoms with Crippen molar-refractivity contribution in [2.24, 2.45) is 0 Å². The zero-order valence-electron chi connectivity index (χ0n) is 15.5. The van der Waals surface area contributed by atoms with Crippen molar-refractivity contribution in [2.75, 3.05) is 11.4 Å². The van der Waals surface area contributed by atoms with Gasteiger partial charge in [-0.1, -0.05) is 16.8 Å². The SMILES string of the molecule is Cc1cc(CNC(=O)c2cc(S(=O)(=O)N(C)c3ccc(F)cc3)ccc2Cl)no1. The average molecular weight is 438 g/mol. The highest BCUT2D eigenvalue weighted by atomic mass is 35.5. The molecule has 0 radical (unpaired) electrons. The average Bonchev–Trinajstić information content (AvgIpc) is 3.11. The quantitative estimate of drug-likeness (QED) is 0.636. The summed E-state index contributed by atoms with van der Waals surface area (Å²) in [6.45, 7) is 1.82. The number of carbonyl (C=O) groups excluding carboxylic acids is 1. The Morgan fingerprint density at radius 2 is 1.90 bits per heavy atom. The first-order chi connectivity index (χ1) is 13.7. The molecule has 0 unspecified atom stereocenters. The molecule has 0 aliphatic rings. The van der Waals surface area contributed by atoms with Gasteiger partial charge < -0.3 is 9.84 Å². The topological polar surface area (TPSA) is 92.5 Å². The number of aryl methyl sites for hydroxylation is 1. The fraction of sp³-hybridized carbons (Fsp3) is 0.158. The normalized spacial score (nSPS) is 11.3. The van der Waals surface area contributed by atoms with Gasteiger partial charge in [0.05, 0.1) is 27.7 Å². The van der Waals surface area contributed by atoms with Crippen LogP contribution in [0.4, 0.5) is 10.1 Å². The van der Waals surface area contributed by atoms with Crippen LogP contribution in [0.3, 0.4) is 0 Å². The smallest absolute Gasteiger partial charge is 0.264 e. The zero-order chi connectivity index (χ0) is 21.2. The number of aromatic nitrogens is 1. The Bertz CT molecular complexity index is 1150. The maximum atomic E-state index is 13.1. The van der Waals surface area contributed by atoms with Gasteiger partial charge in [-0.05, 0) is 49.4 Å². The second-order valence-electron chi connectivity index (χ2n) is 6.20. The Balaban J connectivity index is 1.85. The zero-order valence-corrected chi connectivity index (χ0v) is 17.1. The predicted molar refractivity (Wildman–Crippen MR) is 106 cm³/mol. The molecule has 10 heteroatoms. The number of anilines is 1. The van der Waals surface area contributed by atoms with E-state index >= 15 is 0 Å². The van der Waals surface area contributed by atoms with E-state index in [9.17, 15) is 17.6 Å². The summed E-state index contributed by atoms with van der Waals surface area (Å²) in [6.07, 6.45) is 0. The van der Waals surface area contributed by atoms with Gasteiger partial charge in [-0.25, -0.2) is 12.8 Å². The van der Waals surface area contributed by atoms with E-state index in [0.29, 0.717) is 11.5 Å². The lowest BCUT2D eigenvalue weighted by molar-refractivity contribution is 0.0950. The van der Waals surface area contributed by atoms with Crippen molar-refractivity contribution in [1.29, 1.82) is 0 Å². The molecule has 1 heterocycles. The van der Waals surface area contributed by atoms with Gasteiger partial charge in [-0.2, -0.15) is 0 Å². The molecular formula is C19H17ClFN3O4S. The molecule has 1 N–H and O–H groups in total. The molecule has 0 saturated heterocycles. The lowest BCUT2D eigenvalue weighted by atomic mass is 10.2. The van der Waals surface area contributed by atoms with Crippen LogP contribution in [-0.4, -0.2) is 26.5 Å². The number of halogens is 2. The molecule has 0 aliphatic heterocycles. The summed E-state index contributed by atoms with van der Waals surface area (Å²) in [4.78, 5) is 12.4. The Hall–Kier alpha value is -2.91. The first-order valence-corrected chi connectivity index (χ1v) is 10.2. The molecule has 3 aromatic rings. The number of carbonyl (C=O) groups is 1. The van der Waals surface area contributed by atoms with Gasteiger partial charge in [0.15, 0.2) is 0 Å². The van der Waals surface area contributed by atoms with E-state index in [0.717, 1.165) is 16.4 Å². The van der Waals surface area contributed by atoms with Crippen LogP contribution < -0.4 is 9.62 Å². The summed E-state index contributed by atoms with van der Waals surface area (Å²) in [7, 11) is -2.66. The standard InChI is InChI=1S/C19H17ClFN3O4S/c1-12-9-14(23-28-12)11-22-19(25)17-10-16(7-8-18(17)20)29(26,27)24(2)15-5-3-13(21)4-6-15/h3-10H,11H2,1-2H3,(H,22,25). The molecule has 2 aromatic carbocycles. The maximum Gasteiger partial charge on any atom is 0.264 e. The number of sulfonamides is 1. The molecule has 0 fully saturated rings. The van der Waals surface area contributed by atoms with Crippen LogP contribution in [0.5, 0.6) is 0 Å². The fourth-order valence-corrected chi connectivity index (χ4v) is 3.98. The molecule has 1 aromatic heterocycles. The van der Waals surface area contributed by atoms with E-state index in [2.05, 4.69) is 10.5 Å². The number of rotatable bonds is 6. The molecule has 152 valence electrons. The number of hydrogen-bond acceptors (Lipinski definition) is 5. The Morgan fingerprint density at radius 1 is 1.21 bits per heavy atom. The van der Waals surface area contributed by atoms with Gasteiger partial charge in [0, 0.05) is 13.1 Å². The molecule has 1 amide bonds. The van der Waals surface area contributed by atoms with Crippen molar-refractivity contribution >= 4 is 33.2 Å². The Kier molecular flexibility index (Phi) is 5.90. The Labute approximate surface area is 172 Å². The van der Waals surface area contributed by atoms with Gasteiger partial charge in [0.25, 0.3) is 15.9 Å². The third-order valence-corrected chi connectivity index (χ3v) is 6.25. The van der Waals surface area contributed by atoms with Crippen molar-refractivity contribution < 1.29 is 22.1 Å². The molecule has 3 rings (SSSR count). The Morgan fingerprint density at radius 3 is 2.52 bits per heavy atom. The second-order valence-corrected chi connectivity index (χ2v) is 8.58. The van der Waals surface area contributed by atoms with Crippen LogP contribution in [0.25, 0.3) is 0 Å². The summed E-state index contributed by atoms with van der Waals surface area (Å²) in [6, 6.07) is 10.5. The minimum atomic E-state index is -4.00. The minimum absolute atomic E-state index is 0.000430. The molecule has 0 atom stereocenters. The lowest BCUT2D eigenvalue weighted by Crippen LogP contribution is -2.27. The van der Waals surface area contributed by atoms with E-state index in [-0.39, 0.29) is 27.7 Å². The van der Waals surface area contributed by atoms with Crippen molar-refractivity contribution in [3.8, 4) is 0 Å². The minimum Gasteiger partial charge on any atom is -0.361 e. The second kappa shape index (κ2) is 8.22. The fourth-order valence-electron chi connectivity index (χ4n) is 2.55. The summed E-state index contributed by atoms with van der Waals surface area (Å²) >= 11 is 6.10. The highest BCUT2D eigenvalue weighted by Crippen LogP contribution is 2.26. The van der Waals surface area contributed by atoms with E-state index in [1.54, 1.807) is 13.0 Å². The molecule has 0 saturated carbocycles. The molecule has 0 aliphatic carbocycles. The highest BCUT2D eigenvalue weighted by molar-refractivity contribution is 7.92. The van der Waals surface area contributed by atoms with Crippen LogP contribution in [0.1, 0.15) is 21.8 Å². The third-order valence-electron chi connectivity index (χ3n) is 4.14. The predicted octanol–water partition coefficient (Wildman–Crippen LogP) is 3.53. The molecule has 29 heavy (non-hydrogen) atoms. The monoisotopic (exact) mass is 437 g/mol. The van der Waals surface area contributed by atoms with E-state index in [1.807, 2.05) is 0 Å². The maximum absolute atomic E-state index is 13.1. The lowest BCUT2D eigenvalue weighted by Gasteiger charge is -2.20. The van der Waals surface area contributed by atoms with Gasteiger partial charge in [0.2, 0.25) is 0 Å². The first-order valence-electron chi connectivity index (χ1n) is 8.43. The van der Waals surface area contributed by atoms with Gasteiger partial charge in [-0.15, -0.1) is 0 Å². The van der Waals surface area contributed by atoms with Gasteiger partial charge in [0.1, 0.15) is 17.3 Å². The molecule has 0 spiro atoms. The summed E-state index contributed by atoms with van der Waals surface area (Å²) in [5.74, 6) is -0.436. The number of nitrogens with one attached hydrogen (secondary N) is 1. The summed E-state index contributed by atoms with van der Waals surface area (Å²) in [5.41, 5.74) is 0.793. The molecule has 0 bridgehead atoms. The summed E-state index contributed by atoms with van der Waals surface area (Å²) in [5, 5.41) is 6.49. The number of benzene rings is 2. The number of amides is 1. The van der Waals surface area contributed by atoms with E-state index < -0.39 is 21.7 Å². The first kappa shape index (κ1) is 20.8. The van der Waals surface area contributed by atoms with Crippen molar-refractivity contribution in [3.63, 3.8) is 0 Å². The highest BCUT2D eigenvalue weighted by Gasteiger charge is 2.24. The van der Waals surface area contributed by atoms with Crippen LogP contribution in [0, 0.1) is 12.7 Å². The summed E-state index contributed by atoms with van der Waals surface area (Å²) < 4.78 is 44.9. The van der Waals surface area contributed by atoms with Crippen LogP contribution >= 0.6 is 11.6 Å². The van der Waals surface area contributed by atoms with Gasteiger partial charge >= 0.3 is 0 Å². The molecular weight excluding hydrogens is 421 g/mol. The molecule has 7 nitrogen and oxygen atoms in total. The van der Waals surface area contributed by atoms with E-state index in [4.69, 9.17) is 16.1 Å². The third kappa shape index (κ3) is 4.57. The van der Waals surface area contributed by atoms with Crippen LogP contribution in [0.15, 0.2) is 57.9 Å². The number of hydrogen-bond donors (Lipinski definition) is 1. The van der Waals surface area contributed by atoms with Crippen LogP contribution in [-0.2, 0) is 16.6 Å². The van der Waals surface area contributed by atoms with Crippen LogP contribution in [0.2, 0.25) is 5.02 Å². The van der Waals surface area contributed by atoms with Gasteiger partial charge in [-0.3, -0.25) is 9.10 Å². The van der Waals surface area contributed by atoms with Crippen molar-refractivity contribution in [3.05, 3.63) is 76.4 Å². The largest absolute Gasteiger partial charge is 0.361 e. The van der Waals surface area contributed by atoms with E-state index in [1.165, 1.54) is 37.4 Å². The number of nitrogens with zero attached hydrogens (tertiary/aromatic N) is 2. The van der Waals surface area contributed by atoms with Crippen molar-refractivity contribution in [1.82, 2.24) is 10.5 Å².